The van der Waals surface area contributed by atoms with Crippen LogP contribution in [-0.4, -0.2) is 30.8 Å². The van der Waals surface area contributed by atoms with Crippen molar-refractivity contribution in [1.82, 2.24) is 10.6 Å². The number of urea groups is 1. The van der Waals surface area contributed by atoms with E-state index >= 15 is 0 Å². The first-order chi connectivity index (χ1) is 12.1. The Morgan fingerprint density at radius 1 is 1.20 bits per heavy atom. The van der Waals surface area contributed by atoms with E-state index in [2.05, 4.69) is 10.6 Å². The van der Waals surface area contributed by atoms with Crippen LogP contribution in [0.3, 0.4) is 0 Å². The summed E-state index contributed by atoms with van der Waals surface area (Å²) in [5.41, 5.74) is 0.232. The van der Waals surface area contributed by atoms with Gasteiger partial charge < -0.3 is 15.4 Å². The Labute approximate surface area is 145 Å². The van der Waals surface area contributed by atoms with Gasteiger partial charge in [-0.15, -0.1) is 0 Å². The Balaban J connectivity index is 1.21. The number of hydrogen-bond donors (Lipinski definition) is 2. The van der Waals surface area contributed by atoms with Gasteiger partial charge in [0.05, 0.1) is 6.10 Å². The molecule has 1 aliphatic heterocycles. The molecular formula is C19H22F2N2O2. The van der Waals surface area contributed by atoms with E-state index in [1.54, 1.807) is 0 Å². The molecular weight excluding hydrogens is 326 g/mol. The largest absolute Gasteiger partial charge is 0.377 e. The van der Waals surface area contributed by atoms with Gasteiger partial charge in [0, 0.05) is 41.5 Å². The zero-order chi connectivity index (χ0) is 17.2. The number of amides is 2. The minimum atomic E-state index is -0.534. The molecule has 0 radical (unpaired) electrons. The van der Waals surface area contributed by atoms with E-state index in [0.717, 1.165) is 25.9 Å². The van der Waals surface area contributed by atoms with Crippen LogP contribution in [0.1, 0.15) is 43.6 Å². The molecule has 134 valence electrons. The molecule has 25 heavy (non-hydrogen) atoms. The van der Waals surface area contributed by atoms with Crippen molar-refractivity contribution in [3.8, 4) is 0 Å². The molecule has 2 N–H and O–H groups in total. The third-order valence-electron chi connectivity index (χ3n) is 6.80. The van der Waals surface area contributed by atoms with Crippen LogP contribution in [0, 0.1) is 23.0 Å². The molecule has 1 heterocycles. The summed E-state index contributed by atoms with van der Waals surface area (Å²) in [4.78, 5) is 12.4. The minimum Gasteiger partial charge on any atom is -0.377 e. The second-order valence-corrected chi connectivity index (χ2v) is 8.01. The lowest BCUT2D eigenvalue weighted by Crippen LogP contribution is -2.72. The van der Waals surface area contributed by atoms with Crippen molar-refractivity contribution in [3.05, 3.63) is 35.4 Å². The first kappa shape index (κ1) is 15.6. The fourth-order valence-corrected chi connectivity index (χ4v) is 5.35. The van der Waals surface area contributed by atoms with Gasteiger partial charge in [0.15, 0.2) is 0 Å². The van der Waals surface area contributed by atoms with Gasteiger partial charge in [-0.25, -0.2) is 13.6 Å². The van der Waals surface area contributed by atoms with Gasteiger partial charge in [-0.2, -0.15) is 0 Å². The van der Waals surface area contributed by atoms with Crippen LogP contribution in [-0.2, 0) is 4.74 Å². The molecule has 1 aromatic carbocycles. The van der Waals surface area contributed by atoms with E-state index in [0.29, 0.717) is 18.4 Å². The van der Waals surface area contributed by atoms with Crippen LogP contribution in [0.25, 0.3) is 0 Å². The normalized spacial score (nSPS) is 37.0. The zero-order valence-electron chi connectivity index (χ0n) is 13.9. The fraction of sp³-hybridized carbons (Fsp3) is 0.632. The van der Waals surface area contributed by atoms with Crippen molar-refractivity contribution in [2.75, 3.05) is 6.61 Å². The number of halogens is 2. The molecule has 3 saturated carbocycles. The van der Waals surface area contributed by atoms with E-state index < -0.39 is 11.6 Å². The SMILES string of the molecule is O=C(NC1CC1c1c(F)cccc1F)NC1C2CCOC2C12CCC2. The van der Waals surface area contributed by atoms with Crippen LogP contribution in [0.15, 0.2) is 18.2 Å². The molecule has 2 amide bonds. The maximum Gasteiger partial charge on any atom is 0.315 e. The zero-order valence-corrected chi connectivity index (χ0v) is 13.9. The molecule has 3 aliphatic carbocycles. The first-order valence-electron chi connectivity index (χ1n) is 9.23. The van der Waals surface area contributed by atoms with Gasteiger partial charge >= 0.3 is 6.03 Å². The maximum absolute atomic E-state index is 13.8. The number of benzene rings is 1. The Bertz CT molecular complexity index is 701. The average Bonchev–Trinajstić information content (AvgIpc) is 3.11. The molecule has 0 aromatic heterocycles. The standard InChI is InChI=1S/C19H22F2N2O2/c20-12-3-1-4-13(21)15(12)11-9-14(11)22-18(24)23-16-10-5-8-25-17(10)19(16)6-2-7-19/h1,3-4,10-11,14,16-17H,2,5-9H2,(H2,22,23,24). The minimum absolute atomic E-state index is 0.0937. The number of carbonyl (C=O) groups is 1. The molecule has 4 aliphatic rings. The fourth-order valence-electron chi connectivity index (χ4n) is 5.35. The molecule has 5 unspecified atom stereocenters. The second-order valence-electron chi connectivity index (χ2n) is 8.01. The highest BCUT2D eigenvalue weighted by Gasteiger charge is 2.67. The molecule has 6 heteroatoms. The summed E-state index contributed by atoms with van der Waals surface area (Å²) in [5.74, 6) is -0.917. The molecule has 4 fully saturated rings. The van der Waals surface area contributed by atoms with Gasteiger partial charge in [-0.3, -0.25) is 0 Å². The van der Waals surface area contributed by atoms with E-state index in [-0.39, 0.29) is 35.0 Å². The summed E-state index contributed by atoms with van der Waals surface area (Å²) in [5, 5.41) is 6.03. The monoisotopic (exact) mass is 348 g/mol. The van der Waals surface area contributed by atoms with Crippen LogP contribution in [0.2, 0.25) is 0 Å². The summed E-state index contributed by atoms with van der Waals surface area (Å²) in [6.07, 6.45) is 5.33. The smallest absolute Gasteiger partial charge is 0.315 e. The van der Waals surface area contributed by atoms with Crippen molar-refractivity contribution >= 4 is 6.03 Å². The lowest BCUT2D eigenvalue weighted by molar-refractivity contribution is -0.172. The van der Waals surface area contributed by atoms with Crippen molar-refractivity contribution < 1.29 is 18.3 Å². The molecule has 1 saturated heterocycles. The van der Waals surface area contributed by atoms with Gasteiger partial charge in [-0.05, 0) is 37.8 Å². The number of nitrogens with one attached hydrogen (secondary N) is 2. The lowest BCUT2D eigenvalue weighted by atomic mass is 9.46. The maximum atomic E-state index is 13.8. The Morgan fingerprint density at radius 3 is 2.64 bits per heavy atom. The molecule has 5 rings (SSSR count). The Morgan fingerprint density at radius 2 is 1.96 bits per heavy atom. The van der Waals surface area contributed by atoms with E-state index in [9.17, 15) is 13.6 Å². The van der Waals surface area contributed by atoms with Gasteiger partial charge in [0.2, 0.25) is 0 Å². The van der Waals surface area contributed by atoms with Crippen LogP contribution in [0.5, 0.6) is 0 Å². The van der Waals surface area contributed by atoms with Crippen LogP contribution in [0.4, 0.5) is 13.6 Å². The predicted molar refractivity (Wildman–Crippen MR) is 87.1 cm³/mol. The number of rotatable bonds is 3. The molecule has 1 aromatic rings. The van der Waals surface area contributed by atoms with E-state index in [4.69, 9.17) is 4.74 Å². The quantitative estimate of drug-likeness (QED) is 0.882. The summed E-state index contributed by atoms with van der Waals surface area (Å²) < 4.78 is 33.6. The highest BCUT2D eigenvalue weighted by atomic mass is 19.1. The highest BCUT2D eigenvalue weighted by molar-refractivity contribution is 5.75. The molecule has 0 bridgehead atoms. The summed E-state index contributed by atoms with van der Waals surface area (Å²) in [7, 11) is 0. The summed E-state index contributed by atoms with van der Waals surface area (Å²) >= 11 is 0. The number of hydrogen-bond acceptors (Lipinski definition) is 2. The molecule has 1 spiro atoms. The topological polar surface area (TPSA) is 50.4 Å². The van der Waals surface area contributed by atoms with Crippen molar-refractivity contribution in [2.45, 2.75) is 56.2 Å². The van der Waals surface area contributed by atoms with Gasteiger partial charge in [0.25, 0.3) is 0 Å². The number of fused-ring (bicyclic) bond motifs is 2. The Kier molecular flexibility index (Phi) is 3.36. The van der Waals surface area contributed by atoms with Gasteiger partial charge in [-0.1, -0.05) is 12.5 Å². The first-order valence-corrected chi connectivity index (χ1v) is 9.23. The third kappa shape index (κ3) is 2.23. The third-order valence-corrected chi connectivity index (χ3v) is 6.80. The Hall–Kier alpha value is -1.69. The lowest BCUT2D eigenvalue weighted by Gasteiger charge is -2.63. The van der Waals surface area contributed by atoms with Crippen LogP contribution >= 0.6 is 0 Å². The predicted octanol–water partition coefficient (Wildman–Crippen LogP) is 3.08. The highest BCUT2D eigenvalue weighted by Crippen LogP contribution is 2.62. The molecule has 4 nitrogen and oxygen atoms in total. The second kappa shape index (κ2) is 5.40. The number of ether oxygens (including phenoxy) is 1. The van der Waals surface area contributed by atoms with E-state index in [1.807, 2.05) is 0 Å². The van der Waals surface area contributed by atoms with Crippen LogP contribution < -0.4 is 10.6 Å². The van der Waals surface area contributed by atoms with Crippen molar-refractivity contribution in [3.63, 3.8) is 0 Å². The average molecular weight is 348 g/mol. The van der Waals surface area contributed by atoms with Crippen molar-refractivity contribution in [2.24, 2.45) is 11.3 Å². The van der Waals surface area contributed by atoms with E-state index in [1.165, 1.54) is 24.6 Å². The van der Waals surface area contributed by atoms with Gasteiger partial charge in [0.1, 0.15) is 11.6 Å². The van der Waals surface area contributed by atoms with Crippen molar-refractivity contribution in [1.29, 1.82) is 0 Å². The number of carbonyl (C=O) groups excluding carboxylic acids is 1. The molecule has 5 atom stereocenters. The summed E-state index contributed by atoms with van der Waals surface area (Å²) in [6.45, 7) is 0.786. The summed E-state index contributed by atoms with van der Waals surface area (Å²) in [6, 6.07) is 3.66.